The molecule has 1 heterocycles. The molecule has 0 bridgehead atoms. The van der Waals surface area contributed by atoms with Crippen molar-refractivity contribution in [2.45, 2.75) is 57.0 Å². The summed E-state index contributed by atoms with van der Waals surface area (Å²) < 4.78 is 10.6. The Labute approximate surface area is 163 Å². The second kappa shape index (κ2) is 9.07. The lowest BCUT2D eigenvalue weighted by molar-refractivity contribution is 0.0499. The Kier molecular flexibility index (Phi) is 6.77. The molecule has 150 valence electrons. The molecule has 5 nitrogen and oxygen atoms in total. The van der Waals surface area contributed by atoms with Crippen LogP contribution in [-0.2, 0) is 4.74 Å². The number of carbonyl (C=O) groups is 1. The minimum absolute atomic E-state index is 0.0526. The van der Waals surface area contributed by atoms with Gasteiger partial charge in [-0.2, -0.15) is 0 Å². The van der Waals surface area contributed by atoms with E-state index < -0.39 is 0 Å². The van der Waals surface area contributed by atoms with Crippen LogP contribution in [0.5, 0.6) is 5.75 Å². The second-order valence-corrected chi connectivity index (χ2v) is 8.00. The van der Waals surface area contributed by atoms with E-state index in [1.54, 1.807) is 7.11 Å². The molecule has 3 rings (SSSR count). The number of rotatable bonds is 7. The number of methoxy groups -OCH3 is 1. The largest absolute Gasteiger partial charge is 0.491 e. The molecule has 0 N–H and O–H groups in total. The summed E-state index contributed by atoms with van der Waals surface area (Å²) in [6.45, 7) is 5.14. The van der Waals surface area contributed by atoms with Crippen molar-refractivity contribution in [2.75, 3.05) is 40.5 Å². The topological polar surface area (TPSA) is 42.0 Å². The molecule has 1 atom stereocenters. The fraction of sp³-hybridized carbons (Fsp3) is 0.682. The van der Waals surface area contributed by atoms with Crippen LogP contribution >= 0.6 is 0 Å². The Morgan fingerprint density at radius 3 is 2.52 bits per heavy atom. The van der Waals surface area contributed by atoms with Gasteiger partial charge in [0.25, 0.3) is 5.91 Å². The fourth-order valence-corrected chi connectivity index (χ4v) is 4.65. The van der Waals surface area contributed by atoms with Gasteiger partial charge in [0.15, 0.2) is 0 Å². The lowest BCUT2D eigenvalue weighted by Crippen LogP contribution is -2.48. The van der Waals surface area contributed by atoms with E-state index in [1.807, 2.05) is 24.3 Å². The zero-order valence-electron chi connectivity index (χ0n) is 17.1. The van der Waals surface area contributed by atoms with E-state index in [9.17, 15) is 4.79 Å². The summed E-state index contributed by atoms with van der Waals surface area (Å²) in [7, 11) is 3.84. The number of likely N-dealkylation sites (N-methyl/N-ethyl adjacent to an activating group) is 1. The van der Waals surface area contributed by atoms with Crippen molar-refractivity contribution in [1.82, 2.24) is 9.80 Å². The van der Waals surface area contributed by atoms with E-state index in [0.29, 0.717) is 19.3 Å². The maximum absolute atomic E-state index is 13.4. The molecule has 1 saturated carbocycles. The van der Waals surface area contributed by atoms with Crippen LogP contribution < -0.4 is 4.74 Å². The molecule has 0 radical (unpaired) electrons. The molecule has 1 aromatic rings. The fourth-order valence-electron chi connectivity index (χ4n) is 4.65. The highest BCUT2D eigenvalue weighted by atomic mass is 16.5. The molecular weight excluding hydrogens is 340 g/mol. The first-order chi connectivity index (χ1) is 13.1. The van der Waals surface area contributed by atoms with Gasteiger partial charge in [-0.3, -0.25) is 4.79 Å². The first kappa shape index (κ1) is 20.2. The summed E-state index contributed by atoms with van der Waals surface area (Å²) >= 11 is 0. The van der Waals surface area contributed by atoms with Crippen LogP contribution in [0.2, 0.25) is 0 Å². The summed E-state index contributed by atoms with van der Waals surface area (Å²) in [5, 5.41) is 0. The molecule has 1 spiro atoms. The van der Waals surface area contributed by atoms with Crippen LogP contribution in [0.3, 0.4) is 0 Å². The molecule has 0 aromatic heterocycles. The summed E-state index contributed by atoms with van der Waals surface area (Å²) in [5.41, 5.74) is 0.815. The Morgan fingerprint density at radius 2 is 1.89 bits per heavy atom. The predicted octanol–water partition coefficient (Wildman–Crippen LogP) is 3.58. The van der Waals surface area contributed by atoms with Crippen molar-refractivity contribution in [2.24, 2.45) is 0 Å². The molecule has 2 aliphatic rings. The number of hydrogen-bond donors (Lipinski definition) is 0. The van der Waals surface area contributed by atoms with Crippen LogP contribution in [0.25, 0.3) is 0 Å². The highest BCUT2D eigenvalue weighted by Crippen LogP contribution is 2.43. The summed E-state index contributed by atoms with van der Waals surface area (Å²) in [5.74, 6) is 0.952. The van der Waals surface area contributed by atoms with Gasteiger partial charge in [-0.25, -0.2) is 0 Å². The van der Waals surface area contributed by atoms with Crippen molar-refractivity contribution in [3.05, 3.63) is 29.8 Å². The third kappa shape index (κ3) is 4.46. The van der Waals surface area contributed by atoms with E-state index >= 15 is 0 Å². The number of ether oxygens (including phenoxy) is 2. The van der Waals surface area contributed by atoms with Crippen molar-refractivity contribution in [1.29, 1.82) is 0 Å². The zero-order chi connectivity index (χ0) is 19.3. The number of likely N-dealkylation sites (tertiary alicyclic amines) is 1. The Morgan fingerprint density at radius 1 is 1.19 bits per heavy atom. The average Bonchev–Trinajstić information content (AvgIpc) is 3.06. The number of hydrogen-bond acceptors (Lipinski definition) is 4. The van der Waals surface area contributed by atoms with Crippen LogP contribution in [-0.4, -0.2) is 67.7 Å². The third-order valence-corrected chi connectivity index (χ3v) is 6.39. The smallest absolute Gasteiger partial charge is 0.254 e. The average molecular weight is 375 g/mol. The van der Waals surface area contributed by atoms with Gasteiger partial charge in [-0.15, -0.1) is 0 Å². The molecular formula is C22H34N2O3. The predicted molar refractivity (Wildman–Crippen MR) is 107 cm³/mol. The lowest BCUT2D eigenvalue weighted by atomic mass is 9.79. The van der Waals surface area contributed by atoms with Crippen molar-refractivity contribution < 1.29 is 14.3 Å². The molecule has 5 heteroatoms. The van der Waals surface area contributed by atoms with E-state index in [2.05, 4.69) is 23.8 Å². The van der Waals surface area contributed by atoms with Gasteiger partial charge in [-0.05, 0) is 57.1 Å². The van der Waals surface area contributed by atoms with E-state index in [4.69, 9.17) is 9.47 Å². The van der Waals surface area contributed by atoms with Gasteiger partial charge in [0.05, 0.1) is 6.61 Å². The standard InChI is InChI=1S/C22H34N2O3/c1-4-23(2)19-16-22(12-6-5-7-13-22)24(17-19)21(25)18-8-10-20(11-9-18)27-15-14-26-3/h8-11,19H,4-7,12-17H2,1-3H3. The molecule has 1 aliphatic carbocycles. The minimum Gasteiger partial charge on any atom is -0.491 e. The number of benzene rings is 1. The van der Waals surface area contributed by atoms with Crippen molar-refractivity contribution >= 4 is 5.91 Å². The van der Waals surface area contributed by atoms with E-state index in [0.717, 1.165) is 43.7 Å². The Hall–Kier alpha value is -1.59. The molecule has 1 aromatic carbocycles. The zero-order valence-corrected chi connectivity index (χ0v) is 17.1. The summed E-state index contributed by atoms with van der Waals surface area (Å²) in [6.07, 6.45) is 7.17. The van der Waals surface area contributed by atoms with E-state index in [1.165, 1.54) is 19.3 Å². The van der Waals surface area contributed by atoms with Crippen LogP contribution in [0.1, 0.15) is 55.8 Å². The molecule has 1 unspecified atom stereocenters. The molecule has 27 heavy (non-hydrogen) atoms. The van der Waals surface area contributed by atoms with Gasteiger partial charge < -0.3 is 19.3 Å². The van der Waals surface area contributed by atoms with E-state index in [-0.39, 0.29) is 11.4 Å². The van der Waals surface area contributed by atoms with Crippen LogP contribution in [0.4, 0.5) is 0 Å². The highest BCUT2D eigenvalue weighted by molar-refractivity contribution is 5.95. The summed E-state index contributed by atoms with van der Waals surface area (Å²) in [6, 6.07) is 8.05. The summed E-state index contributed by atoms with van der Waals surface area (Å²) in [4.78, 5) is 18.0. The van der Waals surface area contributed by atoms with Gasteiger partial charge in [0.1, 0.15) is 12.4 Å². The minimum atomic E-state index is 0.0526. The van der Waals surface area contributed by atoms with Gasteiger partial charge in [-0.1, -0.05) is 26.2 Å². The van der Waals surface area contributed by atoms with Gasteiger partial charge in [0.2, 0.25) is 0 Å². The maximum Gasteiger partial charge on any atom is 0.254 e. The van der Waals surface area contributed by atoms with Gasteiger partial charge >= 0.3 is 0 Å². The normalized spacial score (nSPS) is 21.8. The number of amides is 1. The van der Waals surface area contributed by atoms with Gasteiger partial charge in [0, 0.05) is 30.8 Å². The Balaban J connectivity index is 1.74. The van der Waals surface area contributed by atoms with Crippen molar-refractivity contribution in [3.63, 3.8) is 0 Å². The Bertz CT molecular complexity index is 610. The van der Waals surface area contributed by atoms with Crippen molar-refractivity contribution in [3.8, 4) is 5.75 Å². The maximum atomic E-state index is 13.4. The van der Waals surface area contributed by atoms with Crippen LogP contribution in [0.15, 0.2) is 24.3 Å². The first-order valence-electron chi connectivity index (χ1n) is 10.3. The number of carbonyl (C=O) groups excluding carboxylic acids is 1. The number of nitrogens with zero attached hydrogens (tertiary/aromatic N) is 2. The molecule has 1 saturated heterocycles. The van der Waals surface area contributed by atoms with Crippen LogP contribution in [0, 0.1) is 0 Å². The first-order valence-corrected chi connectivity index (χ1v) is 10.3. The highest BCUT2D eigenvalue weighted by Gasteiger charge is 2.48. The molecule has 1 amide bonds. The molecule has 2 fully saturated rings. The SMILES string of the molecule is CCN(C)C1CN(C(=O)c2ccc(OCCOC)cc2)C2(CCCCC2)C1. The molecule has 1 aliphatic heterocycles. The second-order valence-electron chi connectivity index (χ2n) is 8.00. The third-order valence-electron chi connectivity index (χ3n) is 6.39. The quantitative estimate of drug-likeness (QED) is 0.684. The monoisotopic (exact) mass is 374 g/mol. The lowest BCUT2D eigenvalue weighted by Gasteiger charge is -2.41.